The van der Waals surface area contributed by atoms with E-state index in [2.05, 4.69) is 115 Å². The summed E-state index contributed by atoms with van der Waals surface area (Å²) in [5, 5.41) is 8.67. The van der Waals surface area contributed by atoms with Crippen LogP contribution in [0.3, 0.4) is 0 Å². The Balaban J connectivity index is 1.54. The summed E-state index contributed by atoms with van der Waals surface area (Å²) in [4.78, 5) is 21.7. The Morgan fingerprint density at radius 3 is 0.829 bits per heavy atom. The van der Waals surface area contributed by atoms with Crippen molar-refractivity contribution >= 4 is 66.4 Å². The molecule has 8 heterocycles. The molecule has 0 bridgehead atoms. The number of hydrogen-bond donors (Lipinski definition) is 0. The number of hydrogen-bond acceptors (Lipinski definition) is 4. The predicted molar refractivity (Wildman–Crippen MR) is 155 cm³/mol. The van der Waals surface area contributed by atoms with Crippen molar-refractivity contribution in [1.29, 1.82) is 0 Å². The lowest BCUT2D eigenvalue weighted by atomic mass is 10.2. The van der Waals surface area contributed by atoms with Crippen molar-refractivity contribution in [3.63, 3.8) is 0 Å². The third-order valence-electron chi connectivity index (χ3n) is 9.38. The second-order valence-corrected chi connectivity index (χ2v) is 11.2. The van der Waals surface area contributed by atoms with Gasteiger partial charge in [0.25, 0.3) is 0 Å². The first kappa shape index (κ1) is 19.3. The molecule has 0 saturated heterocycles. The topological polar surface area (TPSA) is 69.2 Å². The molecule has 0 saturated carbocycles. The third-order valence-corrected chi connectivity index (χ3v) is 9.38. The van der Waals surface area contributed by atoms with E-state index in [1.54, 1.807) is 0 Å². The van der Waals surface area contributed by atoms with Crippen LogP contribution in [-0.4, -0.2) is 18.3 Å². The zero-order valence-electron chi connectivity index (χ0n) is 21.3. The van der Waals surface area contributed by atoms with Crippen molar-refractivity contribution in [2.75, 3.05) is 0 Å². The second-order valence-electron chi connectivity index (χ2n) is 11.2. The Bertz CT molecular complexity index is 2490. The fourth-order valence-electron chi connectivity index (χ4n) is 7.88. The molecular formula is C33H16N8. The average Bonchev–Trinajstić information content (AvgIpc) is 3.74. The van der Waals surface area contributed by atoms with Crippen molar-refractivity contribution < 1.29 is 0 Å². The minimum Gasteiger partial charge on any atom is -0.247 e. The lowest BCUT2D eigenvalue weighted by Crippen LogP contribution is -2.68. The lowest BCUT2D eigenvalue weighted by molar-refractivity contribution is 0.0969. The van der Waals surface area contributed by atoms with Gasteiger partial charge in [-0.15, -0.1) is 0 Å². The minimum absolute atomic E-state index is 0.898. The first-order valence-corrected chi connectivity index (χ1v) is 13.8. The molecule has 188 valence electrons. The molecule has 4 aliphatic heterocycles. The molecule has 8 heteroatoms. The van der Waals surface area contributed by atoms with E-state index in [1.807, 2.05) is 0 Å². The van der Waals surface area contributed by atoms with Gasteiger partial charge in [0, 0.05) is 43.1 Å². The van der Waals surface area contributed by atoms with E-state index in [4.69, 9.17) is 20.0 Å². The van der Waals surface area contributed by atoms with Crippen LogP contribution in [-0.2, 0) is 5.91 Å². The molecule has 8 nitrogen and oxygen atoms in total. The maximum absolute atomic E-state index is 5.42. The number of nitrogens with zero attached hydrogens (tertiary/aromatic N) is 8. The standard InChI is InChI=1S/C33H16N8/c1-2-10-18-17(9-1)25-34-27-19-11-3-4-12-20(19)29-36-31-23-15-7-8-16-24(23)32-37-30-22-14-6-5-13-21(22)28-35-26(18)38(25)33(39(27)29,40(28)30)41(31)32/h1-16H. The molecule has 8 aromatic rings. The normalized spacial score (nSPS) is 15.8. The van der Waals surface area contributed by atoms with Crippen molar-refractivity contribution in [1.82, 2.24) is 18.3 Å². The SMILES string of the molecule is c1ccc2c3n4c(c2c1)N=c1c2ccccc2c2n1C41n4c(c5ccccc5c4N=c4c5ccccc5c(n41)=N3)N=2. The van der Waals surface area contributed by atoms with Crippen LogP contribution >= 0.6 is 0 Å². The Kier molecular flexibility index (Phi) is 2.77. The fourth-order valence-corrected chi connectivity index (χ4v) is 7.88. The molecular weight excluding hydrogens is 508 g/mol. The van der Waals surface area contributed by atoms with Gasteiger partial charge in [0.15, 0.2) is 0 Å². The summed E-state index contributed by atoms with van der Waals surface area (Å²) in [5.41, 5.74) is 3.59. The molecule has 0 fully saturated rings. The molecule has 0 N–H and O–H groups in total. The summed E-state index contributed by atoms with van der Waals surface area (Å²) in [6, 6.07) is 34.0. The first-order chi connectivity index (χ1) is 20.4. The van der Waals surface area contributed by atoms with Gasteiger partial charge in [-0.05, 0) is 0 Å². The van der Waals surface area contributed by atoms with Crippen LogP contribution in [0.1, 0.15) is 0 Å². The van der Waals surface area contributed by atoms with E-state index in [9.17, 15) is 0 Å². The van der Waals surface area contributed by atoms with Gasteiger partial charge in [-0.1, -0.05) is 97.1 Å². The third kappa shape index (κ3) is 1.76. The maximum Gasteiger partial charge on any atom is 0.305 e. The van der Waals surface area contributed by atoms with E-state index in [0.717, 1.165) is 88.3 Å². The van der Waals surface area contributed by atoms with Gasteiger partial charge in [0.05, 0.1) is 0 Å². The lowest BCUT2D eigenvalue weighted by Gasteiger charge is -2.46. The highest BCUT2D eigenvalue weighted by Crippen LogP contribution is 2.52. The van der Waals surface area contributed by atoms with Crippen LogP contribution in [0.4, 0.5) is 23.3 Å². The Morgan fingerprint density at radius 1 is 0.317 bits per heavy atom. The predicted octanol–water partition coefficient (Wildman–Crippen LogP) is 4.78. The molecule has 4 aromatic carbocycles. The van der Waals surface area contributed by atoms with Crippen LogP contribution < -0.4 is 22.0 Å². The van der Waals surface area contributed by atoms with Gasteiger partial charge in [-0.3, -0.25) is 0 Å². The van der Waals surface area contributed by atoms with Gasteiger partial charge < -0.3 is 0 Å². The summed E-state index contributed by atoms with van der Waals surface area (Å²) < 4.78 is 9.32. The molecule has 0 atom stereocenters. The highest BCUT2D eigenvalue weighted by molar-refractivity contribution is 6.04. The summed E-state index contributed by atoms with van der Waals surface area (Å²) >= 11 is 0. The second kappa shape index (κ2) is 5.88. The van der Waals surface area contributed by atoms with Crippen LogP contribution in [0.5, 0.6) is 0 Å². The fraction of sp³-hybridized carbons (Fsp3) is 0.0303. The van der Waals surface area contributed by atoms with E-state index in [0.29, 0.717) is 0 Å². The smallest absolute Gasteiger partial charge is 0.247 e. The van der Waals surface area contributed by atoms with E-state index in [-0.39, 0.29) is 0 Å². The van der Waals surface area contributed by atoms with Crippen LogP contribution in [0.2, 0.25) is 0 Å². The highest BCUT2D eigenvalue weighted by atomic mass is 15.7. The largest absolute Gasteiger partial charge is 0.305 e. The zero-order chi connectivity index (χ0) is 26.2. The maximum atomic E-state index is 5.42. The molecule has 0 amide bonds. The number of aromatic nitrogens is 4. The zero-order valence-corrected chi connectivity index (χ0v) is 21.3. The van der Waals surface area contributed by atoms with Gasteiger partial charge in [0.2, 0.25) is 0 Å². The van der Waals surface area contributed by atoms with Gasteiger partial charge in [-0.2, -0.15) is 0 Å². The average molecular weight is 525 g/mol. The molecule has 12 rings (SSSR count). The molecule has 0 aliphatic carbocycles. The van der Waals surface area contributed by atoms with Gasteiger partial charge in [-0.25, -0.2) is 38.2 Å². The molecule has 4 aromatic heterocycles. The van der Waals surface area contributed by atoms with Crippen LogP contribution in [0.15, 0.2) is 117 Å². The molecule has 0 radical (unpaired) electrons. The molecule has 0 unspecified atom stereocenters. The molecule has 41 heavy (non-hydrogen) atoms. The summed E-state index contributed by atoms with van der Waals surface area (Å²) in [5.74, 6) is 2.67. The number of rotatable bonds is 0. The van der Waals surface area contributed by atoms with E-state index >= 15 is 0 Å². The summed E-state index contributed by atoms with van der Waals surface area (Å²) in [7, 11) is 0. The minimum atomic E-state index is -0.923. The Morgan fingerprint density at radius 2 is 0.561 bits per heavy atom. The molecule has 4 aliphatic rings. The van der Waals surface area contributed by atoms with Crippen molar-refractivity contribution in [2.45, 2.75) is 5.91 Å². The van der Waals surface area contributed by atoms with E-state index < -0.39 is 5.91 Å². The van der Waals surface area contributed by atoms with Crippen LogP contribution in [0, 0.1) is 0 Å². The Hall–Kier alpha value is -5.76. The number of benzene rings is 4. The first-order valence-electron chi connectivity index (χ1n) is 13.8. The Labute approximate surface area is 229 Å². The van der Waals surface area contributed by atoms with Gasteiger partial charge in [0.1, 0.15) is 45.2 Å². The molecule has 1 spiro atoms. The van der Waals surface area contributed by atoms with E-state index in [1.165, 1.54) is 0 Å². The van der Waals surface area contributed by atoms with Crippen LogP contribution in [0.25, 0.3) is 43.1 Å². The van der Waals surface area contributed by atoms with Gasteiger partial charge >= 0.3 is 5.91 Å². The highest BCUT2D eigenvalue weighted by Gasteiger charge is 2.55. The summed E-state index contributed by atoms with van der Waals surface area (Å²) in [6.45, 7) is 0. The number of fused-ring (bicyclic) bond motifs is 12. The quantitative estimate of drug-likeness (QED) is 0.274. The summed E-state index contributed by atoms with van der Waals surface area (Å²) in [6.07, 6.45) is 0. The van der Waals surface area contributed by atoms with Crippen molar-refractivity contribution in [3.05, 3.63) is 119 Å². The van der Waals surface area contributed by atoms with Crippen molar-refractivity contribution in [2.24, 2.45) is 20.0 Å². The monoisotopic (exact) mass is 524 g/mol. The van der Waals surface area contributed by atoms with Crippen molar-refractivity contribution in [3.8, 4) is 0 Å².